The Hall–Kier alpha value is -9.78. The van der Waals surface area contributed by atoms with Crippen molar-refractivity contribution < 1.29 is 72.5 Å². The van der Waals surface area contributed by atoms with Gasteiger partial charge < -0.3 is 101 Å². The van der Waals surface area contributed by atoms with Crippen molar-refractivity contribution in [1.29, 1.82) is 5.41 Å². The van der Waals surface area contributed by atoms with Crippen LogP contribution in [-0.2, 0) is 81.6 Å². The molecule has 4 aromatic rings. The average molecular weight is 1340 g/mol. The highest BCUT2D eigenvalue weighted by Gasteiger charge is 2.37. The molecule has 37 heteroatoms. The number of nitrogens with two attached hydrogens (primary N) is 3. The van der Waals surface area contributed by atoms with E-state index in [9.17, 15) is 72.5 Å². The molecule has 93 heavy (non-hydrogen) atoms. The van der Waals surface area contributed by atoms with Crippen LogP contribution in [0.4, 0.5) is 0 Å². The zero-order valence-electron chi connectivity index (χ0n) is 51.3. The molecule has 0 fully saturated rings. The fourth-order valence-corrected chi connectivity index (χ4v) is 9.52. The number of carbonyl (C=O) groups is 13. The van der Waals surface area contributed by atoms with Crippen molar-refractivity contribution in [1.82, 2.24) is 83.4 Å². The monoisotopic (exact) mass is 1340 g/mol. The zero-order chi connectivity index (χ0) is 69.1. The van der Waals surface area contributed by atoms with Crippen LogP contribution in [0.1, 0.15) is 76.8 Å². The van der Waals surface area contributed by atoms with Crippen LogP contribution in [-0.4, -0.2) is 203 Å². The minimum atomic E-state index is -2.00. The lowest BCUT2D eigenvalue weighted by atomic mass is 9.98. The van der Waals surface area contributed by atoms with Gasteiger partial charge in [-0.05, 0) is 42.7 Å². The van der Waals surface area contributed by atoms with Gasteiger partial charge in [-0.3, -0.25) is 62.9 Å². The summed E-state index contributed by atoms with van der Waals surface area (Å²) in [6.07, 6.45) is 3.96. The molecule has 0 unspecified atom stereocenters. The quantitative estimate of drug-likeness (QED) is 0.00856. The lowest BCUT2D eigenvalue weighted by molar-refractivity contribution is -0.142. The number of hydrogen-bond donors (Lipinski definition) is 22. The van der Waals surface area contributed by atoms with Gasteiger partial charge in [0.1, 0.15) is 54.4 Å². The summed E-state index contributed by atoms with van der Waals surface area (Å²) < 4.78 is 0. The van der Waals surface area contributed by atoms with Gasteiger partial charge in [-0.2, -0.15) is 25.3 Å². The van der Waals surface area contributed by atoms with E-state index in [-0.39, 0.29) is 67.5 Å². The SMILES string of the molecule is CC(C)[C@H](NC(=O)[C@@H](NC(=O)[C@@H](N)CS)C(C)C)C(=O)N[C@@H](CCC(N)=O)C(=O)N[C@@H](CC(=O)O)C(=O)N[C@@H](Cc1c[nH]c2ccccc12)C(=O)NCC(=O)N[C@@H](Cc1c[nH]cn1)C(=O)N[C@@H](Cc1c[nH]cn1)C(=O)N[C@@H](CCCNC(=N)N)C(=O)N[C@@H](CS)C(=O)O. The predicted octanol–water partition coefficient (Wildman–Crippen LogP) is -5.29. The molecule has 0 radical (unpaired) electrons. The Balaban J connectivity index is 1.60. The van der Waals surface area contributed by atoms with Crippen LogP contribution in [0, 0.1) is 17.2 Å². The van der Waals surface area contributed by atoms with Gasteiger partial charge >= 0.3 is 11.9 Å². The fourth-order valence-electron chi connectivity index (χ4n) is 9.11. The molecule has 0 aliphatic heterocycles. The Morgan fingerprint density at radius 3 is 1.56 bits per heavy atom. The molecule has 0 bridgehead atoms. The summed E-state index contributed by atoms with van der Waals surface area (Å²) in [4.78, 5) is 192. The molecule has 0 saturated heterocycles. The molecular weight excluding hydrogens is 1260 g/mol. The molecular formula is C56H82N20O15S2. The molecule has 1 aromatic carbocycles. The van der Waals surface area contributed by atoms with E-state index in [1.54, 1.807) is 52.0 Å². The number of carboxylic acid groups (broad SMARTS) is 2. The minimum absolute atomic E-state index is 0.0371. The van der Waals surface area contributed by atoms with Gasteiger partial charge in [0, 0.05) is 73.2 Å². The van der Waals surface area contributed by atoms with Gasteiger partial charge in [0.15, 0.2) is 5.96 Å². The number of carbonyl (C=O) groups excluding carboxylic acids is 11. The van der Waals surface area contributed by atoms with Crippen LogP contribution >= 0.6 is 25.3 Å². The van der Waals surface area contributed by atoms with Gasteiger partial charge in [-0.1, -0.05) is 45.9 Å². The topological polar surface area (TPSA) is 570 Å². The summed E-state index contributed by atoms with van der Waals surface area (Å²) in [5, 5.41) is 54.9. The number of nitrogens with one attached hydrogen (secondary N) is 15. The van der Waals surface area contributed by atoms with E-state index < -0.39 is 175 Å². The predicted molar refractivity (Wildman–Crippen MR) is 340 cm³/mol. The summed E-state index contributed by atoms with van der Waals surface area (Å²) in [5.74, 6) is -15.6. The number of thiol groups is 2. The number of aromatic amines is 3. The van der Waals surface area contributed by atoms with Crippen LogP contribution in [0.25, 0.3) is 10.9 Å². The van der Waals surface area contributed by atoms with Gasteiger partial charge in [0.05, 0.1) is 43.0 Å². The molecule has 0 aliphatic carbocycles. The highest BCUT2D eigenvalue weighted by molar-refractivity contribution is 7.80. The van der Waals surface area contributed by atoms with Crippen molar-refractivity contribution >= 4 is 119 Å². The number of carboxylic acids is 2. The molecule has 11 amide bonds. The highest BCUT2D eigenvalue weighted by atomic mass is 32.1. The fraction of sp³-hybridized carbons (Fsp3) is 0.500. The molecule has 0 saturated carbocycles. The highest BCUT2D eigenvalue weighted by Crippen LogP contribution is 2.20. The number of nitrogens with zero attached hydrogens (tertiary/aromatic N) is 2. The van der Waals surface area contributed by atoms with Gasteiger partial charge in [0.25, 0.3) is 0 Å². The molecule has 3 aromatic heterocycles. The number of guanidine groups is 1. The third-order valence-electron chi connectivity index (χ3n) is 14.1. The number of benzene rings is 1. The number of amides is 11. The van der Waals surface area contributed by atoms with Crippen molar-refractivity contribution in [2.75, 3.05) is 24.6 Å². The number of aromatic nitrogens is 5. The van der Waals surface area contributed by atoms with E-state index in [0.717, 1.165) is 0 Å². The lowest BCUT2D eigenvalue weighted by Gasteiger charge is -2.29. The number of rotatable bonds is 40. The van der Waals surface area contributed by atoms with E-state index in [2.05, 4.69) is 109 Å². The summed E-state index contributed by atoms with van der Waals surface area (Å²) in [6, 6.07) is -8.06. The van der Waals surface area contributed by atoms with E-state index in [1.165, 1.54) is 31.2 Å². The number of primary amides is 1. The molecule has 35 nitrogen and oxygen atoms in total. The van der Waals surface area contributed by atoms with Crippen molar-refractivity contribution in [2.45, 2.75) is 139 Å². The molecule has 0 spiro atoms. The van der Waals surface area contributed by atoms with Gasteiger partial charge in [-0.15, -0.1) is 0 Å². The van der Waals surface area contributed by atoms with Crippen molar-refractivity contribution in [2.24, 2.45) is 29.0 Å². The maximum atomic E-state index is 14.4. The maximum absolute atomic E-state index is 14.4. The molecule has 3 heterocycles. The Labute approximate surface area is 543 Å². The van der Waals surface area contributed by atoms with Crippen LogP contribution in [0.5, 0.6) is 0 Å². The van der Waals surface area contributed by atoms with Gasteiger partial charge in [-0.25, -0.2) is 14.8 Å². The largest absolute Gasteiger partial charge is 0.481 e. The number of H-pyrrole nitrogens is 3. The first kappa shape index (κ1) is 75.7. The number of fused-ring (bicyclic) bond motifs is 1. The minimum Gasteiger partial charge on any atom is -0.481 e. The van der Waals surface area contributed by atoms with E-state index in [4.69, 9.17) is 22.6 Å². The number of aliphatic carboxylic acids is 2. The third-order valence-corrected chi connectivity index (χ3v) is 14.9. The number of hydrogen-bond acceptors (Lipinski definition) is 19. The second-order valence-corrected chi connectivity index (χ2v) is 22.9. The Kier molecular flexibility index (Phi) is 30.5. The molecule has 23 N–H and O–H groups in total. The second kappa shape index (κ2) is 37.5. The summed E-state index contributed by atoms with van der Waals surface area (Å²) in [5.41, 5.74) is 18.2. The summed E-state index contributed by atoms with van der Waals surface area (Å²) in [6.45, 7) is 5.58. The van der Waals surface area contributed by atoms with Crippen molar-refractivity contribution in [3.8, 4) is 0 Å². The normalized spacial score (nSPS) is 14.4. The van der Waals surface area contributed by atoms with Crippen LogP contribution in [0.2, 0.25) is 0 Å². The van der Waals surface area contributed by atoms with E-state index >= 15 is 0 Å². The van der Waals surface area contributed by atoms with Gasteiger partial charge in [0.2, 0.25) is 65.0 Å². The molecule has 0 aliphatic rings. The van der Waals surface area contributed by atoms with E-state index in [1.807, 2.05) is 0 Å². The first-order valence-corrected chi connectivity index (χ1v) is 30.6. The van der Waals surface area contributed by atoms with Crippen LogP contribution in [0.15, 0.2) is 55.5 Å². The number of para-hydroxylation sites is 1. The van der Waals surface area contributed by atoms with Crippen LogP contribution < -0.4 is 75.7 Å². The maximum Gasteiger partial charge on any atom is 0.327 e. The zero-order valence-corrected chi connectivity index (χ0v) is 53.1. The smallest absolute Gasteiger partial charge is 0.327 e. The standard InChI is InChI=1S/C56H82N20O15S2/c1-26(2)44(76-54(89)45(27(3)4)75-46(81)32(57)22-92)53(88)70-35(11-12-41(58)77)49(84)73-39(17-43(79)80)52(87)71-36(14-28-18-64-33-9-6-5-8-31(28)33)47(82)65-21-42(78)68-37(15-29-19-61-24-66-29)50(85)72-38(16-30-20-62-25-67-30)51(86)69-34(10-7-13-63-56(59)60)48(83)74-40(23-93)55(90)91/h5-6,8-9,18-20,24-27,32,34-40,44-45,64,92-93H,7,10-17,21-23,57H2,1-4H3,(H2,58,77)(H,61,66)(H,62,67)(H,65,82)(H,68,78)(H,69,86)(H,70,88)(H,71,87)(H,72,85)(H,73,84)(H,74,83)(H,75,81)(H,76,89)(H,79,80)(H,90,91)(H4,59,60,63)/t32-,34-,35-,36-,37-,38-,39-,40-,44-,45-/m0/s1. The Bertz CT molecular complexity index is 3260. The number of imidazole rings is 2. The molecule has 10 atom stereocenters. The summed E-state index contributed by atoms with van der Waals surface area (Å²) in [7, 11) is 0. The molecule has 4 rings (SSSR count). The van der Waals surface area contributed by atoms with Crippen LogP contribution in [0.3, 0.4) is 0 Å². The Morgan fingerprint density at radius 1 is 0.559 bits per heavy atom. The Morgan fingerprint density at radius 2 is 1.04 bits per heavy atom. The lowest BCUT2D eigenvalue weighted by Crippen LogP contribution is -2.61. The third kappa shape index (κ3) is 25.1. The first-order chi connectivity index (χ1) is 44.0. The summed E-state index contributed by atoms with van der Waals surface area (Å²) >= 11 is 8.01. The molecule has 508 valence electrons. The first-order valence-electron chi connectivity index (χ1n) is 29.3. The van der Waals surface area contributed by atoms with Crippen molar-refractivity contribution in [3.05, 3.63) is 72.5 Å². The average Bonchev–Trinajstić information content (AvgIpc) is 1.81. The second-order valence-electron chi connectivity index (χ2n) is 22.2. The van der Waals surface area contributed by atoms with E-state index in [0.29, 0.717) is 16.5 Å². The van der Waals surface area contributed by atoms with Crippen molar-refractivity contribution in [3.63, 3.8) is 0 Å².